The number of nitrogens with two attached hydrogens (primary N) is 1. The maximum Gasteiger partial charge on any atom is 0.106 e. The van der Waals surface area contributed by atoms with Crippen LogP contribution in [0.4, 0.5) is 11.4 Å². The van der Waals surface area contributed by atoms with Crippen LogP contribution in [0.1, 0.15) is 18.1 Å². The van der Waals surface area contributed by atoms with E-state index < -0.39 is 0 Å². The number of para-hydroxylation sites is 1. The summed E-state index contributed by atoms with van der Waals surface area (Å²) in [4.78, 5) is 2.77. The van der Waals surface area contributed by atoms with E-state index in [9.17, 15) is 0 Å². The van der Waals surface area contributed by atoms with Gasteiger partial charge in [0.25, 0.3) is 0 Å². The van der Waals surface area contributed by atoms with Crippen molar-refractivity contribution in [2.24, 2.45) is 11.7 Å². The molecule has 108 valence electrons. The van der Waals surface area contributed by atoms with Gasteiger partial charge in [-0.1, -0.05) is 53.3 Å². The molecule has 1 atom stereocenters. The molecule has 0 amide bonds. The number of hydrogen-bond acceptors (Lipinski definition) is 2. The van der Waals surface area contributed by atoms with Gasteiger partial charge >= 0.3 is 0 Å². The Kier molecular flexibility index (Phi) is 4.00. The molecular weight excluding hydrogens is 344 g/mol. The Bertz CT molecular complexity index is 699. The molecule has 1 aliphatic heterocycles. The minimum atomic E-state index is 0.438. The first-order valence-corrected chi connectivity index (χ1v) is 8.21. The molecule has 2 aromatic rings. The highest BCUT2D eigenvalue weighted by Crippen LogP contribution is 2.38. The van der Waals surface area contributed by atoms with E-state index >= 15 is 0 Å². The molecular formula is C17H17BrN2S. The predicted octanol–water partition coefficient (Wildman–Crippen LogP) is 4.41. The number of anilines is 2. The van der Waals surface area contributed by atoms with Gasteiger partial charge in [-0.25, -0.2) is 0 Å². The fraction of sp³-hybridized carbons (Fsp3) is 0.235. The molecule has 1 aliphatic rings. The van der Waals surface area contributed by atoms with Crippen molar-refractivity contribution in [3.05, 3.63) is 58.1 Å². The third-order valence-electron chi connectivity index (χ3n) is 3.86. The summed E-state index contributed by atoms with van der Waals surface area (Å²) in [5.41, 5.74) is 10.6. The number of benzene rings is 2. The third-order valence-corrected chi connectivity index (χ3v) is 4.57. The van der Waals surface area contributed by atoms with Gasteiger partial charge in [-0.15, -0.1) is 0 Å². The largest absolute Gasteiger partial charge is 0.389 e. The van der Waals surface area contributed by atoms with Crippen LogP contribution in [-0.4, -0.2) is 11.5 Å². The molecule has 0 aliphatic carbocycles. The normalized spacial score (nSPS) is 17.4. The quantitative estimate of drug-likeness (QED) is 0.804. The molecule has 0 fully saturated rings. The zero-order valence-corrected chi connectivity index (χ0v) is 14.2. The number of nitrogens with zero attached hydrogens (tertiary/aromatic N) is 1. The van der Waals surface area contributed by atoms with Gasteiger partial charge in [-0.3, -0.25) is 0 Å². The fourth-order valence-corrected chi connectivity index (χ4v) is 3.48. The number of hydrogen-bond donors (Lipinski definition) is 1. The Balaban J connectivity index is 2.17. The van der Waals surface area contributed by atoms with Crippen molar-refractivity contribution < 1.29 is 0 Å². The van der Waals surface area contributed by atoms with E-state index in [1.54, 1.807) is 0 Å². The van der Waals surface area contributed by atoms with Gasteiger partial charge in [0.05, 0.1) is 5.69 Å². The monoisotopic (exact) mass is 360 g/mol. The smallest absolute Gasteiger partial charge is 0.106 e. The Morgan fingerprint density at radius 3 is 2.76 bits per heavy atom. The first-order chi connectivity index (χ1) is 10.1. The maximum atomic E-state index is 5.92. The van der Waals surface area contributed by atoms with E-state index in [1.807, 2.05) is 12.1 Å². The standard InChI is InChI=1S/C17H17BrN2S/c1-11-8-12-4-2-3-5-15(12)20(10-11)16-9-13(18)6-7-14(16)17(19)21/h2-7,9,11H,8,10H2,1H3,(H2,19,21). The molecule has 0 saturated heterocycles. The highest BCUT2D eigenvalue weighted by molar-refractivity contribution is 9.10. The summed E-state index contributed by atoms with van der Waals surface area (Å²) in [5, 5.41) is 0. The predicted molar refractivity (Wildman–Crippen MR) is 96.3 cm³/mol. The molecule has 3 rings (SSSR count). The van der Waals surface area contributed by atoms with Crippen LogP contribution in [0.25, 0.3) is 0 Å². The van der Waals surface area contributed by atoms with Gasteiger partial charge in [-0.2, -0.15) is 0 Å². The van der Waals surface area contributed by atoms with Crippen molar-refractivity contribution in [3.63, 3.8) is 0 Å². The van der Waals surface area contributed by atoms with Crippen LogP contribution in [0, 0.1) is 5.92 Å². The molecule has 21 heavy (non-hydrogen) atoms. The molecule has 2 nitrogen and oxygen atoms in total. The summed E-state index contributed by atoms with van der Waals surface area (Å²) in [5.74, 6) is 0.595. The Hall–Kier alpha value is -1.39. The lowest BCUT2D eigenvalue weighted by Crippen LogP contribution is -2.32. The summed E-state index contributed by atoms with van der Waals surface area (Å²) >= 11 is 8.78. The summed E-state index contributed by atoms with van der Waals surface area (Å²) in [6, 6.07) is 14.6. The summed E-state index contributed by atoms with van der Waals surface area (Å²) < 4.78 is 1.04. The van der Waals surface area contributed by atoms with Crippen LogP contribution in [0.3, 0.4) is 0 Å². The third kappa shape index (κ3) is 2.83. The van der Waals surface area contributed by atoms with Gasteiger partial charge in [0, 0.05) is 22.3 Å². The Labute approximate surface area is 139 Å². The number of fused-ring (bicyclic) bond motifs is 1. The SMILES string of the molecule is CC1Cc2ccccc2N(c2cc(Br)ccc2C(N)=S)C1. The average Bonchev–Trinajstić information content (AvgIpc) is 2.45. The Morgan fingerprint density at radius 2 is 2.00 bits per heavy atom. The zero-order valence-electron chi connectivity index (χ0n) is 11.8. The van der Waals surface area contributed by atoms with E-state index in [0.717, 1.165) is 28.7 Å². The van der Waals surface area contributed by atoms with Gasteiger partial charge in [-0.05, 0) is 42.2 Å². The van der Waals surface area contributed by atoms with Crippen molar-refractivity contribution in [2.75, 3.05) is 11.4 Å². The van der Waals surface area contributed by atoms with Gasteiger partial charge in [0.15, 0.2) is 0 Å². The molecule has 2 aromatic carbocycles. The van der Waals surface area contributed by atoms with Crippen LogP contribution in [0.15, 0.2) is 46.9 Å². The number of rotatable bonds is 2. The highest BCUT2D eigenvalue weighted by atomic mass is 79.9. The highest BCUT2D eigenvalue weighted by Gasteiger charge is 2.24. The zero-order chi connectivity index (χ0) is 15.0. The van der Waals surface area contributed by atoms with Crippen molar-refractivity contribution >= 4 is 44.5 Å². The van der Waals surface area contributed by atoms with Crippen LogP contribution in [0.5, 0.6) is 0 Å². The number of thiocarbonyl (C=S) groups is 1. The van der Waals surface area contributed by atoms with Crippen molar-refractivity contribution in [1.29, 1.82) is 0 Å². The average molecular weight is 361 g/mol. The molecule has 0 spiro atoms. The summed E-state index contributed by atoms with van der Waals surface area (Å²) in [6.07, 6.45) is 1.11. The molecule has 4 heteroatoms. The second kappa shape index (κ2) is 5.78. The molecule has 0 radical (unpaired) electrons. The topological polar surface area (TPSA) is 29.3 Å². The summed E-state index contributed by atoms with van der Waals surface area (Å²) in [6.45, 7) is 3.25. The van der Waals surface area contributed by atoms with Crippen LogP contribution in [0.2, 0.25) is 0 Å². The first-order valence-electron chi connectivity index (χ1n) is 7.01. The lowest BCUT2D eigenvalue weighted by atomic mass is 9.93. The first kappa shape index (κ1) is 14.5. The molecule has 2 N–H and O–H groups in total. The van der Waals surface area contributed by atoms with Gasteiger partial charge in [0.1, 0.15) is 4.99 Å². The van der Waals surface area contributed by atoms with Crippen LogP contribution >= 0.6 is 28.1 Å². The Morgan fingerprint density at radius 1 is 1.24 bits per heavy atom. The fourth-order valence-electron chi connectivity index (χ4n) is 2.96. The van der Waals surface area contributed by atoms with Crippen molar-refractivity contribution in [3.8, 4) is 0 Å². The molecule has 1 unspecified atom stereocenters. The maximum absolute atomic E-state index is 5.92. The second-order valence-corrected chi connectivity index (χ2v) is 6.93. The molecule has 1 heterocycles. The second-order valence-electron chi connectivity index (χ2n) is 5.57. The van der Waals surface area contributed by atoms with Gasteiger partial charge in [0.2, 0.25) is 0 Å². The molecule has 0 bridgehead atoms. The lowest BCUT2D eigenvalue weighted by Gasteiger charge is -2.36. The van der Waals surface area contributed by atoms with E-state index in [2.05, 4.69) is 58.1 Å². The summed E-state index contributed by atoms with van der Waals surface area (Å²) in [7, 11) is 0. The van der Waals surface area contributed by atoms with Crippen molar-refractivity contribution in [2.45, 2.75) is 13.3 Å². The van der Waals surface area contributed by atoms with Crippen LogP contribution in [-0.2, 0) is 6.42 Å². The van der Waals surface area contributed by atoms with Crippen molar-refractivity contribution in [1.82, 2.24) is 0 Å². The minimum absolute atomic E-state index is 0.438. The van der Waals surface area contributed by atoms with E-state index in [0.29, 0.717) is 10.9 Å². The lowest BCUT2D eigenvalue weighted by molar-refractivity contribution is 0.562. The van der Waals surface area contributed by atoms with E-state index in [-0.39, 0.29) is 0 Å². The number of halogens is 1. The van der Waals surface area contributed by atoms with Crippen LogP contribution < -0.4 is 10.6 Å². The van der Waals surface area contributed by atoms with E-state index in [4.69, 9.17) is 18.0 Å². The van der Waals surface area contributed by atoms with Gasteiger partial charge < -0.3 is 10.6 Å². The minimum Gasteiger partial charge on any atom is -0.389 e. The molecule has 0 aromatic heterocycles. The van der Waals surface area contributed by atoms with E-state index in [1.165, 1.54) is 11.3 Å². The molecule has 0 saturated carbocycles.